The average Bonchev–Trinajstić information content (AvgIpc) is 3.54. The second-order valence-corrected chi connectivity index (χ2v) is 15.8. The molecule has 9 heteroatoms. The number of fused-ring (bicyclic) bond motifs is 1. The molecule has 0 amide bonds. The molecule has 39 heavy (non-hydrogen) atoms. The van der Waals surface area contributed by atoms with Gasteiger partial charge in [-0.25, -0.2) is 15.0 Å². The van der Waals surface area contributed by atoms with Gasteiger partial charge < -0.3 is 19.5 Å². The minimum Gasteiger partial charge on any atom is -0.469 e. The molecule has 0 radical (unpaired) electrons. The van der Waals surface area contributed by atoms with Gasteiger partial charge in [0.15, 0.2) is 11.5 Å². The molecule has 2 N–H and O–H groups in total. The third kappa shape index (κ3) is 5.08. The smallest absolute Gasteiger partial charge is 0.305 e. The van der Waals surface area contributed by atoms with Gasteiger partial charge in [-0.1, -0.05) is 81.4 Å². The summed E-state index contributed by atoms with van der Waals surface area (Å²) in [6.45, 7) is 7.40. The normalized spacial score (nSPS) is 19.8. The maximum absolute atomic E-state index is 12.5. The summed E-state index contributed by atoms with van der Waals surface area (Å²) in [6.07, 6.45) is 5.27. The molecule has 0 saturated heterocycles. The molecule has 1 saturated carbocycles. The van der Waals surface area contributed by atoms with Crippen molar-refractivity contribution in [3.63, 3.8) is 0 Å². The van der Waals surface area contributed by atoms with Gasteiger partial charge in [0.25, 0.3) is 8.32 Å². The molecule has 2 heterocycles. The SMILES string of the molecule is COC(=O)C[C@H]1C[C@H](n2cnc3c(N)ncnc32)C[C@@H]1CO[Si](c1ccccc1)(c1ccccc1)C(C)(C)C. The van der Waals surface area contributed by atoms with Crippen LogP contribution in [0, 0.1) is 11.8 Å². The number of imidazole rings is 1. The number of hydrogen-bond acceptors (Lipinski definition) is 7. The summed E-state index contributed by atoms with van der Waals surface area (Å²) in [5, 5.41) is 2.37. The van der Waals surface area contributed by atoms with E-state index in [2.05, 4.69) is 101 Å². The Balaban J connectivity index is 1.50. The summed E-state index contributed by atoms with van der Waals surface area (Å²) in [5.41, 5.74) is 7.38. The third-order valence-corrected chi connectivity index (χ3v) is 13.2. The highest BCUT2D eigenvalue weighted by Gasteiger charge is 2.51. The molecule has 0 aliphatic heterocycles. The van der Waals surface area contributed by atoms with Crippen molar-refractivity contribution < 1.29 is 14.0 Å². The Bertz CT molecular complexity index is 1380. The van der Waals surface area contributed by atoms with E-state index in [1.54, 1.807) is 6.33 Å². The van der Waals surface area contributed by atoms with Crippen LogP contribution in [0.4, 0.5) is 5.82 Å². The lowest BCUT2D eigenvalue weighted by Crippen LogP contribution is -2.67. The highest BCUT2D eigenvalue weighted by molar-refractivity contribution is 6.99. The molecule has 0 unspecified atom stereocenters. The fourth-order valence-electron chi connectivity index (χ4n) is 6.29. The lowest BCUT2D eigenvalue weighted by molar-refractivity contribution is -0.142. The quantitative estimate of drug-likeness (QED) is 0.263. The molecule has 5 rings (SSSR count). The number of nitrogens with zero attached hydrogens (tertiary/aromatic N) is 4. The fourth-order valence-corrected chi connectivity index (χ4v) is 10.9. The predicted molar refractivity (Wildman–Crippen MR) is 155 cm³/mol. The standard InChI is InChI=1S/C30H37N5O3Si/c1-30(2,3)39(24-11-7-5-8-12-24,25-13-9-6-10-14-25)38-18-22-16-23(15-21(22)17-26(36)37-4)35-20-34-27-28(31)32-19-33-29(27)35/h5-14,19-23H,15-18H2,1-4H3,(H2,31,32,33)/t21-,22-,23+/m1/s1. The van der Waals surface area contributed by atoms with Crippen molar-refractivity contribution in [2.24, 2.45) is 11.8 Å². The number of carbonyl (C=O) groups excluding carboxylic acids is 1. The monoisotopic (exact) mass is 543 g/mol. The Kier molecular flexibility index (Phi) is 7.55. The van der Waals surface area contributed by atoms with E-state index < -0.39 is 8.32 Å². The van der Waals surface area contributed by atoms with Crippen molar-refractivity contribution in [1.29, 1.82) is 0 Å². The zero-order chi connectivity index (χ0) is 27.6. The van der Waals surface area contributed by atoms with Gasteiger partial charge in [0.2, 0.25) is 0 Å². The van der Waals surface area contributed by atoms with Gasteiger partial charge in [0.1, 0.15) is 11.8 Å². The van der Waals surface area contributed by atoms with Crippen LogP contribution in [-0.2, 0) is 14.0 Å². The zero-order valence-corrected chi connectivity index (χ0v) is 24.1. The number of ether oxygens (including phenoxy) is 1. The van der Waals surface area contributed by atoms with Gasteiger partial charge in [-0.3, -0.25) is 4.79 Å². The first kappa shape index (κ1) is 27.0. The first-order valence-corrected chi connectivity index (χ1v) is 15.4. The molecule has 2 aromatic carbocycles. The Labute approximate surface area is 230 Å². The number of carbonyl (C=O) groups is 1. The van der Waals surface area contributed by atoms with Crippen LogP contribution < -0.4 is 16.1 Å². The molecule has 3 atom stereocenters. The van der Waals surface area contributed by atoms with E-state index in [0.29, 0.717) is 24.4 Å². The molecule has 0 spiro atoms. The van der Waals surface area contributed by atoms with Crippen molar-refractivity contribution in [2.45, 2.75) is 51.1 Å². The highest BCUT2D eigenvalue weighted by atomic mass is 28.4. The minimum atomic E-state index is -2.71. The van der Waals surface area contributed by atoms with Gasteiger partial charge in [-0.15, -0.1) is 0 Å². The van der Waals surface area contributed by atoms with E-state index >= 15 is 0 Å². The second-order valence-electron chi connectivity index (χ2n) is 11.5. The molecular weight excluding hydrogens is 506 g/mol. The average molecular weight is 544 g/mol. The number of hydrogen-bond donors (Lipinski definition) is 1. The Morgan fingerprint density at radius 1 is 0.974 bits per heavy atom. The number of benzene rings is 2. The maximum Gasteiger partial charge on any atom is 0.305 e. The summed E-state index contributed by atoms with van der Waals surface area (Å²) in [6, 6.07) is 21.4. The lowest BCUT2D eigenvalue weighted by atomic mass is 9.94. The molecule has 0 bridgehead atoms. The van der Waals surface area contributed by atoms with Crippen molar-refractivity contribution in [3.05, 3.63) is 73.3 Å². The molecule has 1 fully saturated rings. The summed E-state index contributed by atoms with van der Waals surface area (Å²) < 4.78 is 14.5. The number of aromatic nitrogens is 4. The molecular formula is C30H37N5O3Si. The summed E-state index contributed by atoms with van der Waals surface area (Å²) >= 11 is 0. The van der Waals surface area contributed by atoms with E-state index in [-0.39, 0.29) is 28.9 Å². The van der Waals surface area contributed by atoms with Crippen LogP contribution in [0.2, 0.25) is 5.04 Å². The van der Waals surface area contributed by atoms with Crippen LogP contribution in [0.15, 0.2) is 73.3 Å². The fraction of sp³-hybridized carbons (Fsp3) is 0.400. The highest BCUT2D eigenvalue weighted by Crippen LogP contribution is 2.44. The van der Waals surface area contributed by atoms with Crippen LogP contribution in [0.5, 0.6) is 0 Å². The third-order valence-electron chi connectivity index (χ3n) is 8.18. The molecule has 8 nitrogen and oxygen atoms in total. The molecule has 4 aromatic rings. The predicted octanol–water partition coefficient (Wildman–Crippen LogP) is 4.12. The van der Waals surface area contributed by atoms with Gasteiger partial charge in [0.05, 0.1) is 13.4 Å². The number of nitrogen functional groups attached to an aromatic ring is 1. The van der Waals surface area contributed by atoms with Crippen molar-refractivity contribution in [2.75, 3.05) is 19.5 Å². The van der Waals surface area contributed by atoms with Gasteiger partial charge in [-0.05, 0) is 40.1 Å². The Morgan fingerprint density at radius 3 is 2.18 bits per heavy atom. The number of methoxy groups -OCH3 is 1. The van der Waals surface area contributed by atoms with Crippen LogP contribution in [0.1, 0.15) is 46.1 Å². The van der Waals surface area contributed by atoms with E-state index in [1.807, 2.05) is 0 Å². The number of nitrogens with two attached hydrogens (primary N) is 1. The molecule has 204 valence electrons. The molecule has 1 aliphatic rings. The van der Waals surface area contributed by atoms with Crippen molar-refractivity contribution >= 4 is 41.6 Å². The number of esters is 1. The van der Waals surface area contributed by atoms with Gasteiger partial charge in [0, 0.05) is 19.1 Å². The molecule has 1 aliphatic carbocycles. The minimum absolute atomic E-state index is 0.109. The van der Waals surface area contributed by atoms with E-state index in [1.165, 1.54) is 23.8 Å². The van der Waals surface area contributed by atoms with Crippen LogP contribution in [0.3, 0.4) is 0 Å². The van der Waals surface area contributed by atoms with E-state index in [9.17, 15) is 4.79 Å². The Hall–Kier alpha value is -3.56. The van der Waals surface area contributed by atoms with Crippen LogP contribution in [0.25, 0.3) is 11.2 Å². The van der Waals surface area contributed by atoms with Gasteiger partial charge >= 0.3 is 5.97 Å². The number of anilines is 1. The Morgan fingerprint density at radius 2 is 1.59 bits per heavy atom. The van der Waals surface area contributed by atoms with E-state index in [4.69, 9.17) is 14.9 Å². The topological polar surface area (TPSA) is 105 Å². The van der Waals surface area contributed by atoms with Crippen LogP contribution in [-0.4, -0.2) is 47.5 Å². The second kappa shape index (κ2) is 10.9. The van der Waals surface area contributed by atoms with E-state index in [0.717, 1.165) is 18.5 Å². The molecule has 2 aromatic heterocycles. The largest absolute Gasteiger partial charge is 0.469 e. The lowest BCUT2D eigenvalue weighted by Gasteiger charge is -2.44. The first-order valence-electron chi connectivity index (χ1n) is 13.5. The maximum atomic E-state index is 12.5. The van der Waals surface area contributed by atoms with Crippen LogP contribution >= 0.6 is 0 Å². The zero-order valence-electron chi connectivity index (χ0n) is 23.1. The first-order chi connectivity index (χ1) is 18.7. The van der Waals surface area contributed by atoms with Crippen molar-refractivity contribution in [3.8, 4) is 0 Å². The summed E-state index contributed by atoms with van der Waals surface area (Å²) in [4.78, 5) is 25.5. The number of rotatable bonds is 8. The van der Waals surface area contributed by atoms with Gasteiger partial charge in [-0.2, -0.15) is 0 Å². The summed E-state index contributed by atoms with van der Waals surface area (Å²) in [5.74, 6) is 0.442. The summed E-state index contributed by atoms with van der Waals surface area (Å²) in [7, 11) is -1.26. The van der Waals surface area contributed by atoms with Crippen molar-refractivity contribution in [1.82, 2.24) is 19.5 Å².